The van der Waals surface area contributed by atoms with Gasteiger partial charge in [-0.15, -0.1) is 0 Å². The average Bonchev–Trinajstić information content (AvgIpc) is 3.67. The van der Waals surface area contributed by atoms with E-state index < -0.39 is 22.2 Å². The predicted molar refractivity (Wildman–Crippen MR) is 230 cm³/mol. The van der Waals surface area contributed by atoms with Gasteiger partial charge in [-0.2, -0.15) is 4.72 Å². The molecule has 1 atom stereocenters. The van der Waals surface area contributed by atoms with Crippen LogP contribution in [0.1, 0.15) is 51.5 Å². The van der Waals surface area contributed by atoms with Gasteiger partial charge >= 0.3 is 0 Å². The molecule has 3 heterocycles. The highest BCUT2D eigenvalue weighted by molar-refractivity contribution is 7.90. The van der Waals surface area contributed by atoms with E-state index in [1.54, 1.807) is 12.1 Å². The van der Waals surface area contributed by atoms with Crippen LogP contribution in [0.15, 0.2) is 120 Å². The zero-order valence-electron chi connectivity index (χ0n) is 32.6. The fraction of sp³-hybridized carbons (Fsp3) is 0.283. The Labute approximate surface area is 346 Å². The molecule has 0 radical (unpaired) electrons. The monoisotopic (exact) mass is 810 g/mol. The van der Waals surface area contributed by atoms with E-state index in [0.29, 0.717) is 42.9 Å². The first-order valence-electron chi connectivity index (χ1n) is 20.2. The van der Waals surface area contributed by atoms with Gasteiger partial charge in [0, 0.05) is 74.8 Å². The molecule has 59 heavy (non-hydrogen) atoms. The van der Waals surface area contributed by atoms with Crippen LogP contribution in [0.2, 0.25) is 0 Å². The quantitative estimate of drug-likeness (QED) is 0.0670. The van der Waals surface area contributed by atoms with E-state index in [1.165, 1.54) is 34.4 Å². The molecule has 12 nitrogen and oxygen atoms in total. The molecule has 6 aromatic rings. The second kappa shape index (κ2) is 17.2. The average molecular weight is 811 g/mol. The van der Waals surface area contributed by atoms with Crippen molar-refractivity contribution in [3.63, 3.8) is 0 Å². The zero-order chi connectivity index (χ0) is 40.3. The van der Waals surface area contributed by atoms with Gasteiger partial charge < -0.3 is 29.2 Å². The molecule has 3 N–H and O–H groups in total. The van der Waals surface area contributed by atoms with Gasteiger partial charge in [0.2, 0.25) is 0 Å². The highest BCUT2D eigenvalue weighted by Crippen LogP contribution is 2.39. The predicted octanol–water partition coefficient (Wildman–Crippen LogP) is 8.17. The van der Waals surface area contributed by atoms with Crippen LogP contribution in [0, 0.1) is 16.0 Å². The molecular formula is C46H46N6O6S. The Balaban J connectivity index is 0.947. The van der Waals surface area contributed by atoms with E-state index in [1.807, 2.05) is 42.6 Å². The normalized spacial score (nSPS) is 16.8. The first-order valence-corrected chi connectivity index (χ1v) is 21.4. The maximum atomic E-state index is 13.9. The first kappa shape index (κ1) is 38.6. The van der Waals surface area contributed by atoms with Crippen molar-refractivity contribution in [1.82, 2.24) is 14.6 Å². The number of benzene rings is 5. The third-order valence-corrected chi connectivity index (χ3v) is 12.9. The van der Waals surface area contributed by atoms with Gasteiger partial charge in [-0.3, -0.25) is 19.8 Å². The number of H-pyrrole nitrogens is 1. The number of fused-ring (bicyclic) bond motifs is 3. The smallest absolute Gasteiger partial charge is 0.297 e. The standard InChI is InChI=1S/C46H46N6O6S/c53-46(49-59(56)37-13-16-42(43(29-37)52(54)55)48-30-31-18-25-57-26-19-31)40-14-11-35(28-44(40)58-36-12-15-41-34(27-36)17-20-47-41)50-21-23-51(24-22-50)45-38-7-3-1-5-32(38)9-10-33-6-2-4-8-39(33)45/h1-8,11-17,20,27-29,31,45,47-48H,9-10,18-19,21-26,30H2,(H,49,53). The number of aromatic amines is 1. The summed E-state index contributed by atoms with van der Waals surface area (Å²) in [5, 5.41) is 16.2. The number of carbonyl (C=O) groups is 1. The van der Waals surface area contributed by atoms with Crippen LogP contribution in [0.5, 0.6) is 11.5 Å². The topological polar surface area (TPSA) is 148 Å². The Hall–Kier alpha value is -5.86. The molecule has 0 spiro atoms. The number of nitro benzene ring substituents is 1. The summed E-state index contributed by atoms with van der Waals surface area (Å²) in [6.07, 6.45) is 5.67. The Kier molecular flexibility index (Phi) is 11.2. The van der Waals surface area contributed by atoms with Gasteiger partial charge in [0.05, 0.1) is 22.6 Å². The molecule has 13 heteroatoms. The number of piperazine rings is 1. The van der Waals surface area contributed by atoms with Crippen molar-refractivity contribution in [2.75, 3.05) is 56.2 Å². The van der Waals surface area contributed by atoms with Gasteiger partial charge in [-0.05, 0) is 102 Å². The molecule has 2 aliphatic heterocycles. The Bertz CT molecular complexity index is 2430. The molecule has 302 valence electrons. The van der Waals surface area contributed by atoms with Crippen molar-refractivity contribution in [1.29, 1.82) is 0 Å². The van der Waals surface area contributed by atoms with E-state index >= 15 is 0 Å². The Morgan fingerprint density at radius 2 is 1.59 bits per heavy atom. The number of hydrogen-bond acceptors (Lipinski definition) is 9. The first-order chi connectivity index (χ1) is 28.9. The molecule has 1 amide bonds. The molecule has 1 aromatic heterocycles. The highest BCUT2D eigenvalue weighted by atomic mass is 32.2. The van der Waals surface area contributed by atoms with Crippen LogP contribution in [-0.2, 0) is 28.9 Å². The molecule has 3 aliphatic rings. The van der Waals surface area contributed by atoms with Crippen molar-refractivity contribution in [3.8, 4) is 11.5 Å². The van der Waals surface area contributed by atoms with Crippen molar-refractivity contribution in [2.45, 2.75) is 36.6 Å². The summed E-state index contributed by atoms with van der Waals surface area (Å²) < 4.78 is 28.1. The second-order valence-electron chi connectivity index (χ2n) is 15.4. The van der Waals surface area contributed by atoms with Crippen molar-refractivity contribution in [2.24, 2.45) is 5.92 Å². The lowest BCUT2D eigenvalue weighted by Crippen LogP contribution is -2.48. The van der Waals surface area contributed by atoms with Crippen LogP contribution in [-0.4, -0.2) is 71.2 Å². The van der Waals surface area contributed by atoms with Gasteiger partial charge in [0.1, 0.15) is 28.5 Å². The lowest BCUT2D eigenvalue weighted by molar-refractivity contribution is -0.384. The number of nitrogens with zero attached hydrogens (tertiary/aromatic N) is 3. The molecule has 5 aromatic carbocycles. The Morgan fingerprint density at radius 1 is 0.864 bits per heavy atom. The van der Waals surface area contributed by atoms with E-state index in [-0.39, 0.29) is 22.2 Å². The lowest BCUT2D eigenvalue weighted by atomic mass is 9.92. The van der Waals surface area contributed by atoms with Crippen LogP contribution >= 0.6 is 0 Å². The number of hydrogen-bond donors (Lipinski definition) is 3. The maximum absolute atomic E-state index is 13.9. The number of nitro groups is 1. The summed E-state index contributed by atoms with van der Waals surface area (Å²) >= 11 is -2.10. The van der Waals surface area contributed by atoms with Crippen molar-refractivity contribution < 1.29 is 23.7 Å². The fourth-order valence-electron chi connectivity index (χ4n) is 8.66. The number of aromatic nitrogens is 1. The van der Waals surface area contributed by atoms with E-state index in [0.717, 1.165) is 68.5 Å². The summed E-state index contributed by atoms with van der Waals surface area (Å²) in [7, 11) is 0. The minimum atomic E-state index is -2.10. The van der Waals surface area contributed by atoms with Crippen LogP contribution in [0.25, 0.3) is 10.9 Å². The third-order valence-electron chi connectivity index (χ3n) is 11.9. The molecule has 1 aliphatic carbocycles. The maximum Gasteiger partial charge on any atom is 0.297 e. The fourth-order valence-corrected chi connectivity index (χ4v) is 9.46. The zero-order valence-corrected chi connectivity index (χ0v) is 33.4. The van der Waals surface area contributed by atoms with E-state index in [4.69, 9.17) is 9.47 Å². The number of rotatable bonds is 11. The number of nitrogens with one attached hydrogen (secondary N) is 3. The molecular weight excluding hydrogens is 765 g/mol. The third kappa shape index (κ3) is 8.37. The lowest BCUT2D eigenvalue weighted by Gasteiger charge is -2.41. The van der Waals surface area contributed by atoms with Crippen LogP contribution in [0.3, 0.4) is 0 Å². The van der Waals surface area contributed by atoms with E-state index in [9.17, 15) is 19.5 Å². The second-order valence-corrected chi connectivity index (χ2v) is 16.6. The minimum absolute atomic E-state index is 0.107. The summed E-state index contributed by atoms with van der Waals surface area (Å²) in [6, 6.07) is 35.2. The van der Waals surface area contributed by atoms with Crippen molar-refractivity contribution in [3.05, 3.63) is 153 Å². The molecule has 9 rings (SSSR count). The molecule has 2 fully saturated rings. The number of ether oxygens (including phenoxy) is 2. The largest absolute Gasteiger partial charge is 0.588 e. The summed E-state index contributed by atoms with van der Waals surface area (Å²) in [6.45, 7) is 5.13. The summed E-state index contributed by atoms with van der Waals surface area (Å²) in [5.41, 5.74) is 7.73. The van der Waals surface area contributed by atoms with Crippen LogP contribution < -0.4 is 19.7 Å². The molecule has 0 bridgehead atoms. The van der Waals surface area contributed by atoms with Crippen LogP contribution in [0.4, 0.5) is 17.1 Å². The number of anilines is 2. The number of carbonyl (C=O) groups excluding carboxylic acids is 1. The summed E-state index contributed by atoms with van der Waals surface area (Å²) in [4.78, 5) is 33.7. The van der Waals surface area contributed by atoms with Gasteiger partial charge in [0.15, 0.2) is 4.90 Å². The van der Waals surface area contributed by atoms with Gasteiger partial charge in [-0.1, -0.05) is 48.5 Å². The molecule has 1 unspecified atom stereocenters. The summed E-state index contributed by atoms with van der Waals surface area (Å²) in [5.74, 6) is 0.558. The van der Waals surface area contributed by atoms with E-state index in [2.05, 4.69) is 73.4 Å². The highest BCUT2D eigenvalue weighted by Gasteiger charge is 2.32. The minimum Gasteiger partial charge on any atom is -0.588 e. The van der Waals surface area contributed by atoms with Crippen molar-refractivity contribution >= 4 is 45.2 Å². The number of amides is 1. The number of aryl methyl sites for hydroxylation is 2. The molecule has 0 saturated carbocycles. The SMILES string of the molecule is O=C(N[S+]([O-])c1ccc(NCC2CCOCC2)c([N+](=O)[O-])c1)c1ccc(N2CCN(C3c4ccccc4CCc4ccccc43)CC2)cc1Oc1ccc2[nH]ccc2c1. The van der Waals surface area contributed by atoms with Gasteiger partial charge in [-0.25, -0.2) is 0 Å². The molecule has 2 saturated heterocycles. The Morgan fingerprint density at radius 3 is 2.32 bits per heavy atom. The van der Waals surface area contributed by atoms with Gasteiger partial charge in [0.25, 0.3) is 11.6 Å².